The number of anilines is 1. The van der Waals surface area contributed by atoms with Crippen molar-refractivity contribution in [1.29, 1.82) is 0 Å². The molecule has 3 aliphatic heterocycles. The minimum absolute atomic E-state index is 0.121. The molecule has 1 unspecified atom stereocenters. The van der Waals surface area contributed by atoms with Crippen LogP contribution in [-0.2, 0) is 10.2 Å². The molecule has 0 bridgehead atoms. The first-order chi connectivity index (χ1) is 13.1. The smallest absolute Gasteiger partial charge is 0.251 e. The van der Waals surface area contributed by atoms with Gasteiger partial charge < -0.3 is 24.4 Å². The van der Waals surface area contributed by atoms with Gasteiger partial charge in [0.2, 0.25) is 5.91 Å². The van der Waals surface area contributed by atoms with Crippen LogP contribution >= 0.6 is 0 Å². The number of carbonyl (C=O) groups is 2. The maximum absolute atomic E-state index is 13.4. The molecule has 0 aliphatic carbocycles. The van der Waals surface area contributed by atoms with E-state index in [9.17, 15) is 9.59 Å². The molecule has 0 saturated carbocycles. The molecule has 1 N–H and O–H groups in total. The number of nitrogens with zero attached hydrogens (tertiary/aromatic N) is 1. The van der Waals surface area contributed by atoms with E-state index in [-0.39, 0.29) is 18.4 Å². The van der Waals surface area contributed by atoms with Crippen LogP contribution in [0, 0.1) is 0 Å². The number of benzene rings is 2. The molecule has 138 valence electrons. The predicted octanol–water partition coefficient (Wildman–Crippen LogP) is 1.47. The molecule has 3 aliphatic rings. The third kappa shape index (κ3) is 1.91. The third-order valence-corrected chi connectivity index (χ3v) is 5.52. The molecule has 1 atom stereocenters. The van der Waals surface area contributed by atoms with E-state index < -0.39 is 5.41 Å². The third-order valence-electron chi connectivity index (χ3n) is 5.52. The zero-order valence-corrected chi connectivity index (χ0v) is 15.0. The van der Waals surface area contributed by atoms with Crippen LogP contribution in [0.15, 0.2) is 30.3 Å². The zero-order valence-electron chi connectivity index (χ0n) is 15.0. The molecule has 0 radical (unpaired) electrons. The van der Waals surface area contributed by atoms with Crippen LogP contribution < -0.4 is 24.4 Å². The lowest BCUT2D eigenvalue weighted by molar-refractivity contribution is -0.121. The number of likely N-dealkylation sites (N-methyl/N-ethyl adjacent to an activating group) is 1. The highest BCUT2D eigenvalue weighted by Crippen LogP contribution is 2.55. The Morgan fingerprint density at radius 3 is 2.59 bits per heavy atom. The van der Waals surface area contributed by atoms with E-state index in [2.05, 4.69) is 5.32 Å². The second-order valence-electron chi connectivity index (χ2n) is 6.83. The molecule has 2 aromatic rings. The van der Waals surface area contributed by atoms with Gasteiger partial charge in [-0.2, -0.15) is 0 Å². The summed E-state index contributed by atoms with van der Waals surface area (Å²) in [4.78, 5) is 27.6. The van der Waals surface area contributed by atoms with E-state index in [1.807, 2.05) is 12.1 Å². The van der Waals surface area contributed by atoms with Gasteiger partial charge in [0.05, 0.1) is 0 Å². The van der Waals surface area contributed by atoms with Gasteiger partial charge in [0, 0.05) is 42.5 Å². The van der Waals surface area contributed by atoms with Crippen molar-refractivity contribution in [3.05, 3.63) is 47.0 Å². The minimum Gasteiger partial charge on any atom is -0.491 e. The van der Waals surface area contributed by atoms with E-state index in [0.29, 0.717) is 52.8 Å². The van der Waals surface area contributed by atoms with E-state index >= 15 is 0 Å². The van der Waals surface area contributed by atoms with Gasteiger partial charge >= 0.3 is 0 Å². The molecule has 5 rings (SSSR count). The summed E-state index contributed by atoms with van der Waals surface area (Å²) in [5.74, 6) is 1.42. The first kappa shape index (κ1) is 16.0. The van der Waals surface area contributed by atoms with Crippen LogP contribution in [0.3, 0.4) is 0 Å². The Bertz CT molecular complexity index is 1000. The molecule has 0 saturated heterocycles. The van der Waals surface area contributed by atoms with E-state index in [1.165, 1.54) is 0 Å². The molecule has 2 aromatic carbocycles. The van der Waals surface area contributed by atoms with Gasteiger partial charge in [-0.05, 0) is 18.2 Å². The van der Waals surface area contributed by atoms with Crippen molar-refractivity contribution in [3.63, 3.8) is 0 Å². The summed E-state index contributed by atoms with van der Waals surface area (Å²) in [7, 11) is 3.30. The highest BCUT2D eigenvalue weighted by atomic mass is 16.6. The van der Waals surface area contributed by atoms with Gasteiger partial charge in [0.1, 0.15) is 31.0 Å². The summed E-state index contributed by atoms with van der Waals surface area (Å²) in [6.07, 6.45) is 0. The van der Waals surface area contributed by atoms with Crippen LogP contribution in [0.2, 0.25) is 0 Å². The van der Waals surface area contributed by atoms with Crippen molar-refractivity contribution in [2.45, 2.75) is 5.41 Å². The van der Waals surface area contributed by atoms with Gasteiger partial charge in [-0.15, -0.1) is 0 Å². The Morgan fingerprint density at radius 2 is 1.85 bits per heavy atom. The SMILES string of the molecule is CNC(=O)c1cccc2c1C1(COc3cc4c(cc31)OCCO4)C(=O)N2C. The van der Waals surface area contributed by atoms with Crippen LogP contribution in [0.5, 0.6) is 17.2 Å². The number of carbonyl (C=O) groups excluding carboxylic acids is 2. The fourth-order valence-corrected chi connectivity index (χ4v) is 4.27. The Balaban J connectivity index is 1.79. The van der Waals surface area contributed by atoms with Crippen molar-refractivity contribution in [2.24, 2.45) is 0 Å². The molecular weight excluding hydrogens is 348 g/mol. The van der Waals surface area contributed by atoms with Crippen molar-refractivity contribution in [3.8, 4) is 17.2 Å². The highest BCUT2D eigenvalue weighted by Gasteiger charge is 2.58. The van der Waals surface area contributed by atoms with Crippen LogP contribution in [0.1, 0.15) is 21.5 Å². The Morgan fingerprint density at radius 1 is 1.11 bits per heavy atom. The van der Waals surface area contributed by atoms with E-state index in [1.54, 1.807) is 37.2 Å². The number of rotatable bonds is 1. The largest absolute Gasteiger partial charge is 0.491 e. The zero-order chi connectivity index (χ0) is 18.8. The molecule has 27 heavy (non-hydrogen) atoms. The number of fused-ring (bicyclic) bond motifs is 5. The molecule has 7 nitrogen and oxygen atoms in total. The van der Waals surface area contributed by atoms with E-state index in [4.69, 9.17) is 14.2 Å². The number of ether oxygens (including phenoxy) is 3. The lowest BCUT2D eigenvalue weighted by Crippen LogP contribution is -2.42. The lowest BCUT2D eigenvalue weighted by atomic mass is 9.75. The summed E-state index contributed by atoms with van der Waals surface area (Å²) < 4.78 is 17.3. The van der Waals surface area contributed by atoms with Crippen molar-refractivity contribution >= 4 is 17.5 Å². The van der Waals surface area contributed by atoms with Crippen molar-refractivity contribution < 1.29 is 23.8 Å². The van der Waals surface area contributed by atoms with Crippen molar-refractivity contribution in [1.82, 2.24) is 5.32 Å². The topological polar surface area (TPSA) is 77.1 Å². The number of hydrogen-bond acceptors (Lipinski definition) is 5. The first-order valence-corrected chi connectivity index (χ1v) is 8.78. The average molecular weight is 366 g/mol. The second-order valence-corrected chi connectivity index (χ2v) is 6.83. The number of amides is 2. The maximum atomic E-state index is 13.4. The maximum Gasteiger partial charge on any atom is 0.251 e. The Labute approximate surface area is 155 Å². The summed E-state index contributed by atoms with van der Waals surface area (Å²) in [5, 5.41) is 2.67. The molecule has 7 heteroatoms. The monoisotopic (exact) mass is 366 g/mol. The molecule has 2 amide bonds. The molecule has 3 heterocycles. The fourth-order valence-electron chi connectivity index (χ4n) is 4.27. The number of nitrogens with one attached hydrogen (secondary N) is 1. The van der Waals surface area contributed by atoms with Crippen molar-refractivity contribution in [2.75, 3.05) is 38.8 Å². The van der Waals surface area contributed by atoms with Gasteiger partial charge in [-0.3, -0.25) is 9.59 Å². The summed E-state index contributed by atoms with van der Waals surface area (Å²) in [6.45, 7) is 1.06. The standard InChI is InChI=1S/C20H18N2O5/c1-21-18(23)11-4-3-5-13-17(11)20(19(24)22(13)2)10-27-14-9-16-15(8-12(14)20)25-6-7-26-16/h3-5,8-9H,6-7,10H2,1-2H3,(H,21,23). The number of hydrogen-bond donors (Lipinski definition) is 1. The predicted molar refractivity (Wildman–Crippen MR) is 96.9 cm³/mol. The Kier molecular flexibility index (Phi) is 3.19. The minimum atomic E-state index is -1.07. The first-order valence-electron chi connectivity index (χ1n) is 8.78. The van der Waals surface area contributed by atoms with Crippen LogP contribution in [0.25, 0.3) is 0 Å². The Hall–Kier alpha value is -3.22. The van der Waals surface area contributed by atoms with Gasteiger partial charge in [-0.25, -0.2) is 0 Å². The normalized spacial score (nSPS) is 21.7. The summed E-state index contributed by atoms with van der Waals surface area (Å²) in [6, 6.07) is 8.96. The highest BCUT2D eigenvalue weighted by molar-refractivity contribution is 6.14. The molecule has 1 spiro atoms. The fraction of sp³-hybridized carbons (Fsp3) is 0.300. The quantitative estimate of drug-likeness (QED) is 0.827. The van der Waals surface area contributed by atoms with Crippen LogP contribution in [-0.4, -0.2) is 45.7 Å². The lowest BCUT2D eigenvalue weighted by Gasteiger charge is -2.24. The molecular formula is C20H18N2O5. The van der Waals surface area contributed by atoms with Crippen LogP contribution in [0.4, 0.5) is 5.69 Å². The second kappa shape index (κ2) is 5.39. The average Bonchev–Trinajstić information content (AvgIpc) is 3.18. The van der Waals surface area contributed by atoms with E-state index in [0.717, 1.165) is 0 Å². The molecule has 0 fully saturated rings. The summed E-state index contributed by atoms with van der Waals surface area (Å²) in [5.41, 5.74) is 1.50. The van der Waals surface area contributed by atoms with Gasteiger partial charge in [-0.1, -0.05) is 6.07 Å². The van der Waals surface area contributed by atoms with Gasteiger partial charge in [0.25, 0.3) is 5.91 Å². The van der Waals surface area contributed by atoms with Gasteiger partial charge in [0.15, 0.2) is 11.5 Å². The summed E-state index contributed by atoms with van der Waals surface area (Å²) >= 11 is 0. The molecule has 0 aromatic heterocycles.